The molecule has 0 radical (unpaired) electrons. The van der Waals surface area contributed by atoms with Crippen LogP contribution in [0.3, 0.4) is 0 Å². The van der Waals surface area contributed by atoms with Gasteiger partial charge in [0.1, 0.15) is 11.5 Å². The minimum Gasteiger partial charge on any atom is -0.307 e. The SMILES string of the molecule is Cc1cccn2c(CNCc3cccc(F)c3)cnc12. The molecule has 0 bridgehead atoms. The summed E-state index contributed by atoms with van der Waals surface area (Å²) < 4.78 is 15.2. The first-order valence-electron chi connectivity index (χ1n) is 6.61. The highest BCUT2D eigenvalue weighted by molar-refractivity contribution is 5.48. The van der Waals surface area contributed by atoms with E-state index >= 15 is 0 Å². The Hall–Kier alpha value is -2.20. The van der Waals surface area contributed by atoms with E-state index in [-0.39, 0.29) is 5.82 Å². The zero-order valence-electron chi connectivity index (χ0n) is 11.3. The van der Waals surface area contributed by atoms with Crippen LogP contribution >= 0.6 is 0 Å². The number of rotatable bonds is 4. The summed E-state index contributed by atoms with van der Waals surface area (Å²) in [6, 6.07) is 10.7. The quantitative estimate of drug-likeness (QED) is 0.788. The lowest BCUT2D eigenvalue weighted by Crippen LogP contribution is -2.14. The van der Waals surface area contributed by atoms with Gasteiger partial charge in [-0.25, -0.2) is 9.37 Å². The average molecular weight is 269 g/mol. The molecular formula is C16H16FN3. The predicted octanol–water partition coefficient (Wildman–Crippen LogP) is 3.07. The lowest BCUT2D eigenvalue weighted by Gasteiger charge is -2.06. The number of nitrogens with zero attached hydrogens (tertiary/aromatic N) is 2. The monoisotopic (exact) mass is 269 g/mol. The van der Waals surface area contributed by atoms with Crippen LogP contribution in [-0.2, 0) is 13.1 Å². The molecule has 1 N–H and O–H groups in total. The Morgan fingerprint density at radius 1 is 1.20 bits per heavy atom. The molecule has 0 saturated heterocycles. The number of fused-ring (bicyclic) bond motifs is 1. The molecular weight excluding hydrogens is 253 g/mol. The zero-order chi connectivity index (χ0) is 13.9. The van der Waals surface area contributed by atoms with E-state index in [1.165, 1.54) is 6.07 Å². The van der Waals surface area contributed by atoms with Crippen molar-refractivity contribution in [2.45, 2.75) is 20.0 Å². The van der Waals surface area contributed by atoms with Crippen molar-refractivity contribution in [2.75, 3.05) is 0 Å². The molecule has 3 aromatic rings. The normalized spacial score (nSPS) is 11.1. The highest BCUT2D eigenvalue weighted by atomic mass is 19.1. The molecule has 0 saturated carbocycles. The maximum Gasteiger partial charge on any atom is 0.139 e. The van der Waals surface area contributed by atoms with Gasteiger partial charge in [-0.15, -0.1) is 0 Å². The van der Waals surface area contributed by atoms with Gasteiger partial charge in [0.15, 0.2) is 0 Å². The highest BCUT2D eigenvalue weighted by Gasteiger charge is 2.04. The van der Waals surface area contributed by atoms with Crippen LogP contribution < -0.4 is 5.32 Å². The molecule has 0 fully saturated rings. The summed E-state index contributed by atoms with van der Waals surface area (Å²) >= 11 is 0. The Morgan fingerprint density at radius 2 is 2.10 bits per heavy atom. The molecule has 0 aliphatic rings. The van der Waals surface area contributed by atoms with Gasteiger partial charge in [0.25, 0.3) is 0 Å². The molecule has 2 aromatic heterocycles. The Kier molecular flexibility index (Phi) is 3.48. The Bertz CT molecular complexity index is 733. The van der Waals surface area contributed by atoms with Crippen LogP contribution in [0.25, 0.3) is 5.65 Å². The van der Waals surface area contributed by atoms with Crippen molar-refractivity contribution in [3.63, 3.8) is 0 Å². The molecule has 2 heterocycles. The minimum atomic E-state index is -0.199. The van der Waals surface area contributed by atoms with Crippen LogP contribution in [0.2, 0.25) is 0 Å². The van der Waals surface area contributed by atoms with Crippen LogP contribution in [-0.4, -0.2) is 9.38 Å². The Morgan fingerprint density at radius 3 is 2.95 bits per heavy atom. The van der Waals surface area contributed by atoms with E-state index in [0.717, 1.165) is 22.5 Å². The molecule has 0 aliphatic heterocycles. The molecule has 0 aliphatic carbocycles. The van der Waals surface area contributed by atoms with Gasteiger partial charge in [0.05, 0.1) is 11.9 Å². The minimum absolute atomic E-state index is 0.199. The number of imidazole rings is 1. The number of aryl methyl sites for hydroxylation is 1. The van der Waals surface area contributed by atoms with Crippen molar-refractivity contribution in [1.29, 1.82) is 0 Å². The predicted molar refractivity (Wildman–Crippen MR) is 76.9 cm³/mol. The molecule has 3 rings (SSSR count). The molecule has 20 heavy (non-hydrogen) atoms. The van der Waals surface area contributed by atoms with Crippen LogP contribution in [0.4, 0.5) is 4.39 Å². The van der Waals surface area contributed by atoms with Gasteiger partial charge in [-0.05, 0) is 36.2 Å². The largest absolute Gasteiger partial charge is 0.307 e. The fourth-order valence-electron chi connectivity index (χ4n) is 2.31. The summed E-state index contributed by atoms with van der Waals surface area (Å²) in [4.78, 5) is 4.42. The third kappa shape index (κ3) is 2.56. The van der Waals surface area contributed by atoms with Crippen molar-refractivity contribution in [3.05, 3.63) is 71.4 Å². The second-order valence-corrected chi connectivity index (χ2v) is 4.87. The van der Waals surface area contributed by atoms with E-state index < -0.39 is 0 Å². The van der Waals surface area contributed by atoms with Crippen molar-refractivity contribution < 1.29 is 4.39 Å². The van der Waals surface area contributed by atoms with Gasteiger partial charge >= 0.3 is 0 Å². The molecule has 102 valence electrons. The van der Waals surface area contributed by atoms with E-state index in [1.807, 2.05) is 37.5 Å². The third-order valence-corrected chi connectivity index (χ3v) is 3.33. The maximum absolute atomic E-state index is 13.1. The lowest BCUT2D eigenvalue weighted by atomic mass is 10.2. The molecule has 4 heteroatoms. The molecule has 0 atom stereocenters. The van der Waals surface area contributed by atoms with Crippen molar-refractivity contribution in [1.82, 2.24) is 14.7 Å². The van der Waals surface area contributed by atoms with Gasteiger partial charge in [-0.1, -0.05) is 18.2 Å². The maximum atomic E-state index is 13.1. The summed E-state index contributed by atoms with van der Waals surface area (Å²) in [6.07, 6.45) is 3.88. The van der Waals surface area contributed by atoms with E-state index in [1.54, 1.807) is 12.1 Å². The van der Waals surface area contributed by atoms with Crippen molar-refractivity contribution in [2.24, 2.45) is 0 Å². The van der Waals surface area contributed by atoms with Crippen LogP contribution in [0.5, 0.6) is 0 Å². The van der Waals surface area contributed by atoms with Gasteiger partial charge < -0.3 is 9.72 Å². The number of aromatic nitrogens is 2. The first-order valence-corrected chi connectivity index (χ1v) is 6.61. The average Bonchev–Trinajstić information content (AvgIpc) is 2.84. The number of halogens is 1. The van der Waals surface area contributed by atoms with E-state index in [0.29, 0.717) is 13.1 Å². The number of benzene rings is 1. The van der Waals surface area contributed by atoms with Crippen LogP contribution in [0.1, 0.15) is 16.8 Å². The van der Waals surface area contributed by atoms with E-state index in [4.69, 9.17) is 0 Å². The summed E-state index contributed by atoms with van der Waals surface area (Å²) in [5.41, 5.74) is 4.18. The van der Waals surface area contributed by atoms with Crippen LogP contribution in [0.15, 0.2) is 48.8 Å². The summed E-state index contributed by atoms with van der Waals surface area (Å²) in [6.45, 7) is 3.38. The summed E-state index contributed by atoms with van der Waals surface area (Å²) in [5, 5.41) is 3.32. The summed E-state index contributed by atoms with van der Waals surface area (Å²) in [7, 11) is 0. The summed E-state index contributed by atoms with van der Waals surface area (Å²) in [5.74, 6) is -0.199. The standard InChI is InChI=1S/C16H16FN3/c1-12-4-3-7-20-15(11-19-16(12)20)10-18-9-13-5-2-6-14(17)8-13/h2-8,11,18H,9-10H2,1H3. The van der Waals surface area contributed by atoms with E-state index in [2.05, 4.69) is 14.7 Å². The van der Waals surface area contributed by atoms with Crippen molar-refractivity contribution >= 4 is 5.65 Å². The number of nitrogens with one attached hydrogen (secondary N) is 1. The van der Waals surface area contributed by atoms with E-state index in [9.17, 15) is 4.39 Å². The fourth-order valence-corrected chi connectivity index (χ4v) is 2.31. The molecule has 0 spiro atoms. The lowest BCUT2D eigenvalue weighted by molar-refractivity contribution is 0.619. The topological polar surface area (TPSA) is 29.3 Å². The number of hydrogen-bond donors (Lipinski definition) is 1. The number of pyridine rings is 1. The highest BCUT2D eigenvalue weighted by Crippen LogP contribution is 2.11. The van der Waals surface area contributed by atoms with Crippen molar-refractivity contribution in [3.8, 4) is 0 Å². The van der Waals surface area contributed by atoms with Gasteiger partial charge in [0.2, 0.25) is 0 Å². The molecule has 0 amide bonds. The third-order valence-electron chi connectivity index (χ3n) is 3.33. The molecule has 0 unspecified atom stereocenters. The first kappa shape index (κ1) is 12.8. The second-order valence-electron chi connectivity index (χ2n) is 4.87. The fraction of sp³-hybridized carbons (Fsp3) is 0.188. The second kappa shape index (κ2) is 5.43. The van der Waals surface area contributed by atoms with Gasteiger partial charge in [0, 0.05) is 19.3 Å². The zero-order valence-corrected chi connectivity index (χ0v) is 11.3. The molecule has 3 nitrogen and oxygen atoms in total. The van der Waals surface area contributed by atoms with Gasteiger partial charge in [-0.2, -0.15) is 0 Å². The smallest absolute Gasteiger partial charge is 0.139 e. The molecule has 1 aromatic carbocycles. The Labute approximate surface area is 117 Å². The Balaban J connectivity index is 1.70. The number of hydrogen-bond acceptors (Lipinski definition) is 2. The van der Waals surface area contributed by atoms with Gasteiger partial charge in [-0.3, -0.25) is 0 Å². The first-order chi connectivity index (χ1) is 9.74. The van der Waals surface area contributed by atoms with Crippen LogP contribution in [0, 0.1) is 12.7 Å².